The van der Waals surface area contributed by atoms with Crippen molar-refractivity contribution in [2.75, 3.05) is 5.32 Å². The molecule has 3 aliphatic carbocycles. The van der Waals surface area contributed by atoms with Crippen LogP contribution < -0.4 is 10.9 Å². The quantitative estimate of drug-likeness (QED) is 0.236. The zero-order valence-corrected chi connectivity index (χ0v) is 23.2. The third-order valence-corrected chi connectivity index (χ3v) is 9.44. The van der Waals surface area contributed by atoms with Crippen molar-refractivity contribution in [3.63, 3.8) is 0 Å². The zero-order valence-electron chi connectivity index (χ0n) is 22.3. The summed E-state index contributed by atoms with van der Waals surface area (Å²) in [5.74, 6) is -0.246. The molecule has 5 aromatic rings. The van der Waals surface area contributed by atoms with Crippen LogP contribution in [-0.2, 0) is 16.8 Å². The number of amides is 1. The van der Waals surface area contributed by atoms with Crippen molar-refractivity contribution in [3.8, 4) is 11.1 Å². The molecule has 1 unspecified atom stereocenters. The molecule has 0 saturated carbocycles. The number of pyridine rings is 1. The van der Waals surface area contributed by atoms with Gasteiger partial charge in [-0.2, -0.15) is 0 Å². The Morgan fingerprint density at radius 2 is 1.66 bits per heavy atom. The fraction of sp³-hybridized carbons (Fsp3) is 0.176. The van der Waals surface area contributed by atoms with Crippen LogP contribution in [0.4, 0.5) is 5.13 Å². The van der Waals surface area contributed by atoms with Crippen molar-refractivity contribution in [1.82, 2.24) is 9.97 Å². The molecule has 0 aliphatic heterocycles. The van der Waals surface area contributed by atoms with Gasteiger partial charge in [-0.1, -0.05) is 72.8 Å². The van der Waals surface area contributed by atoms with Crippen LogP contribution in [-0.4, -0.2) is 15.9 Å². The van der Waals surface area contributed by atoms with Gasteiger partial charge in [0.2, 0.25) is 11.5 Å². The molecule has 2 aromatic heterocycles. The lowest BCUT2D eigenvalue weighted by molar-refractivity contribution is -0.127. The minimum atomic E-state index is -0.886. The summed E-state index contributed by atoms with van der Waals surface area (Å²) in [4.78, 5) is 37.1. The largest absolute Gasteiger partial charge is 0.328 e. The topological polar surface area (TPSA) is 79.2 Å². The highest BCUT2D eigenvalue weighted by Crippen LogP contribution is 2.64. The van der Waals surface area contributed by atoms with Crippen LogP contribution in [0.5, 0.6) is 0 Å². The van der Waals surface area contributed by atoms with Crippen LogP contribution in [0.3, 0.4) is 0 Å². The third-order valence-electron chi connectivity index (χ3n) is 8.63. The van der Waals surface area contributed by atoms with E-state index < -0.39 is 11.0 Å². The van der Waals surface area contributed by atoms with Crippen LogP contribution in [0.15, 0.2) is 101 Å². The molecule has 8 rings (SSSR count). The maximum absolute atomic E-state index is 14.0. The Morgan fingerprint density at radius 1 is 1.00 bits per heavy atom. The van der Waals surface area contributed by atoms with Crippen molar-refractivity contribution in [2.24, 2.45) is 5.41 Å². The summed E-state index contributed by atoms with van der Waals surface area (Å²) in [7, 11) is 0. The smallest absolute Gasteiger partial charge is 0.284 e. The molecular formula is C34H26N4O2S. The van der Waals surface area contributed by atoms with Crippen molar-refractivity contribution < 1.29 is 4.79 Å². The van der Waals surface area contributed by atoms with E-state index in [2.05, 4.69) is 39.4 Å². The monoisotopic (exact) mass is 554 g/mol. The van der Waals surface area contributed by atoms with E-state index in [-0.39, 0.29) is 17.4 Å². The average Bonchev–Trinajstić information content (AvgIpc) is 3.44. The molecule has 3 aromatic carbocycles. The molecule has 1 amide bonds. The molecule has 1 atom stereocenters. The lowest BCUT2D eigenvalue weighted by Gasteiger charge is -2.51. The number of benzene rings is 3. The first-order valence-electron chi connectivity index (χ1n) is 13.5. The van der Waals surface area contributed by atoms with Gasteiger partial charge in [0.15, 0.2) is 5.13 Å². The maximum atomic E-state index is 14.0. The minimum absolute atomic E-state index is 0.106. The number of nitrogens with one attached hydrogen (secondary N) is 2. The van der Waals surface area contributed by atoms with Crippen molar-refractivity contribution >= 4 is 22.4 Å². The van der Waals surface area contributed by atoms with Crippen LogP contribution in [0.1, 0.15) is 52.8 Å². The van der Waals surface area contributed by atoms with Crippen LogP contribution in [0, 0.1) is 12.0 Å². The van der Waals surface area contributed by atoms with E-state index in [4.69, 9.17) is 11.6 Å². The highest BCUT2D eigenvalue weighted by molar-refractivity contribution is 7.13. The third kappa shape index (κ3) is 3.94. The molecule has 200 valence electrons. The van der Waals surface area contributed by atoms with E-state index in [0.717, 1.165) is 44.6 Å². The van der Waals surface area contributed by atoms with Crippen molar-refractivity contribution in [2.45, 2.75) is 31.2 Å². The summed E-state index contributed by atoms with van der Waals surface area (Å²) in [6.07, 6.45) is 2.77. The number of rotatable bonds is 5. The predicted octanol–water partition coefficient (Wildman–Crippen LogP) is 6.75. The van der Waals surface area contributed by atoms with Gasteiger partial charge in [0.05, 0.1) is 11.1 Å². The molecule has 2 heterocycles. The van der Waals surface area contributed by atoms with Gasteiger partial charge in [-0.05, 0) is 40.8 Å². The number of carbonyl (C=O) groups is 1. The first-order chi connectivity index (χ1) is 19.9. The maximum Gasteiger partial charge on any atom is 0.284 e. The molecule has 0 spiro atoms. The second-order valence-corrected chi connectivity index (χ2v) is 11.9. The molecule has 41 heavy (non-hydrogen) atoms. The normalized spacial score (nSPS) is 21.9. The number of H-pyrrole nitrogens is 1. The fourth-order valence-electron chi connectivity index (χ4n) is 6.74. The SMILES string of the molecule is [C-]#[N+]C12CC(C)(C(=O)Nc3nc(Cc4ccc(-c5ccc(=O)[nH]c5)cc4)cs3)C(c3ccccc31)c1ccccc12. The Labute approximate surface area is 241 Å². The van der Waals surface area contributed by atoms with Crippen molar-refractivity contribution in [3.05, 3.63) is 152 Å². The molecule has 2 N–H and O–H groups in total. The summed E-state index contributed by atoms with van der Waals surface area (Å²) >= 11 is 1.42. The second-order valence-electron chi connectivity index (χ2n) is 11.1. The lowest BCUT2D eigenvalue weighted by atomic mass is 9.49. The Bertz CT molecular complexity index is 1850. The van der Waals surface area contributed by atoms with Crippen LogP contribution in [0.2, 0.25) is 0 Å². The molecule has 6 nitrogen and oxygen atoms in total. The van der Waals surface area contributed by atoms with Gasteiger partial charge in [0.25, 0.3) is 5.54 Å². The van der Waals surface area contributed by atoms with E-state index in [0.29, 0.717) is 18.0 Å². The lowest BCUT2D eigenvalue weighted by Crippen LogP contribution is -2.53. The molecule has 3 aliphatic rings. The number of hydrogen-bond donors (Lipinski definition) is 2. The standard InChI is InChI=1S/C34H26N4O2S/c1-33(20-34(35-2)27-9-5-3-7-25(27)30(33)26-8-4-6-10-28(26)34)31(40)38-32-37-24(19-41-32)17-21-11-13-22(14-12-21)23-15-16-29(39)36-18-23/h3-16,18-19,30H,17,20H2,1H3,(H,36,39)(H,37,38,40). The van der Waals surface area contributed by atoms with Gasteiger partial charge in [-0.25, -0.2) is 11.6 Å². The van der Waals surface area contributed by atoms with Gasteiger partial charge < -0.3 is 10.3 Å². The number of carbonyl (C=O) groups excluding carboxylic acids is 1. The number of anilines is 1. The summed E-state index contributed by atoms with van der Waals surface area (Å²) in [5, 5.41) is 5.66. The van der Waals surface area contributed by atoms with E-state index >= 15 is 0 Å². The first kappa shape index (κ1) is 25.2. The number of aromatic nitrogens is 2. The van der Waals surface area contributed by atoms with E-state index in [1.54, 1.807) is 12.3 Å². The van der Waals surface area contributed by atoms with Crippen LogP contribution in [0.25, 0.3) is 16.0 Å². The minimum Gasteiger partial charge on any atom is -0.328 e. The molecular weight excluding hydrogens is 528 g/mol. The van der Waals surface area contributed by atoms with Gasteiger partial charge in [-0.15, -0.1) is 11.3 Å². The van der Waals surface area contributed by atoms with E-state index in [9.17, 15) is 9.59 Å². The summed E-state index contributed by atoms with van der Waals surface area (Å²) in [6, 6.07) is 27.7. The average molecular weight is 555 g/mol. The van der Waals surface area contributed by atoms with E-state index in [1.807, 2.05) is 60.8 Å². The van der Waals surface area contributed by atoms with Gasteiger partial charge in [0, 0.05) is 47.5 Å². The van der Waals surface area contributed by atoms with Gasteiger partial charge in [0.1, 0.15) is 0 Å². The first-order valence-corrected chi connectivity index (χ1v) is 14.4. The Kier molecular flexibility index (Phi) is 5.77. The number of nitrogens with zero attached hydrogens (tertiary/aromatic N) is 2. The fourth-order valence-corrected chi connectivity index (χ4v) is 7.45. The number of thiazole rings is 1. The predicted molar refractivity (Wildman–Crippen MR) is 161 cm³/mol. The Balaban J connectivity index is 1.13. The molecule has 0 radical (unpaired) electrons. The van der Waals surface area contributed by atoms with Crippen molar-refractivity contribution in [1.29, 1.82) is 0 Å². The Hall–Kier alpha value is -4.80. The van der Waals surface area contributed by atoms with Crippen LogP contribution >= 0.6 is 11.3 Å². The summed E-state index contributed by atoms with van der Waals surface area (Å²) in [5.41, 5.74) is 6.31. The second kappa shape index (κ2) is 9.39. The highest BCUT2D eigenvalue weighted by Gasteiger charge is 2.64. The Morgan fingerprint density at radius 3 is 2.29 bits per heavy atom. The summed E-state index contributed by atoms with van der Waals surface area (Å²) < 4.78 is 0. The number of hydrogen-bond acceptors (Lipinski definition) is 4. The molecule has 0 fully saturated rings. The molecule has 7 heteroatoms. The zero-order chi connectivity index (χ0) is 28.2. The number of fused-ring (bicyclic) bond motifs is 1. The number of aromatic amines is 1. The molecule has 2 bridgehead atoms. The summed E-state index contributed by atoms with van der Waals surface area (Å²) in [6.45, 7) is 10.3. The van der Waals surface area contributed by atoms with E-state index in [1.165, 1.54) is 17.4 Å². The highest BCUT2D eigenvalue weighted by atomic mass is 32.1. The van der Waals surface area contributed by atoms with Gasteiger partial charge in [-0.3, -0.25) is 14.4 Å². The van der Waals surface area contributed by atoms with Gasteiger partial charge >= 0.3 is 0 Å². The molecule has 0 saturated heterocycles.